The third kappa shape index (κ3) is 4.06. The zero-order valence-corrected chi connectivity index (χ0v) is 19.3. The molecule has 0 spiro atoms. The predicted molar refractivity (Wildman–Crippen MR) is 131 cm³/mol. The van der Waals surface area contributed by atoms with E-state index in [-0.39, 0.29) is 17.5 Å². The number of rotatable bonds is 5. The SMILES string of the molecule is Cc1ccc(C2=C(Nc3ccc(Cl)cc3C)C(=O)N(c3ccc(C(C)C)cc3)C2=O)cc1. The van der Waals surface area contributed by atoms with Gasteiger partial charge in [-0.2, -0.15) is 0 Å². The molecule has 0 bridgehead atoms. The van der Waals surface area contributed by atoms with Crippen LogP contribution in [0.5, 0.6) is 0 Å². The van der Waals surface area contributed by atoms with Crippen LogP contribution in [0.3, 0.4) is 0 Å². The Kier molecular flexibility index (Phi) is 5.90. The van der Waals surface area contributed by atoms with E-state index in [1.165, 1.54) is 4.90 Å². The molecule has 0 radical (unpaired) electrons. The molecule has 1 N–H and O–H groups in total. The summed E-state index contributed by atoms with van der Waals surface area (Å²) in [6.45, 7) is 8.10. The van der Waals surface area contributed by atoms with Crippen LogP contribution in [-0.4, -0.2) is 11.8 Å². The van der Waals surface area contributed by atoms with Crippen molar-refractivity contribution in [1.29, 1.82) is 0 Å². The highest BCUT2D eigenvalue weighted by Crippen LogP contribution is 2.35. The monoisotopic (exact) mass is 444 g/mol. The Bertz CT molecular complexity index is 1230. The highest BCUT2D eigenvalue weighted by Gasteiger charge is 2.40. The third-order valence-electron chi connectivity index (χ3n) is 5.69. The Balaban J connectivity index is 1.80. The molecule has 0 aliphatic carbocycles. The fourth-order valence-electron chi connectivity index (χ4n) is 3.78. The van der Waals surface area contributed by atoms with Crippen molar-refractivity contribution >= 4 is 40.4 Å². The topological polar surface area (TPSA) is 49.4 Å². The number of amides is 2. The number of imide groups is 1. The summed E-state index contributed by atoms with van der Waals surface area (Å²) in [4.78, 5) is 28.3. The largest absolute Gasteiger partial charge is 0.350 e. The molecule has 3 aromatic rings. The van der Waals surface area contributed by atoms with E-state index in [0.29, 0.717) is 27.8 Å². The van der Waals surface area contributed by atoms with E-state index >= 15 is 0 Å². The van der Waals surface area contributed by atoms with Crippen molar-refractivity contribution in [1.82, 2.24) is 0 Å². The van der Waals surface area contributed by atoms with Crippen molar-refractivity contribution in [3.8, 4) is 0 Å². The summed E-state index contributed by atoms with van der Waals surface area (Å²) in [5, 5.41) is 3.83. The van der Waals surface area contributed by atoms with Crippen molar-refractivity contribution in [2.75, 3.05) is 10.2 Å². The van der Waals surface area contributed by atoms with Crippen molar-refractivity contribution < 1.29 is 9.59 Å². The van der Waals surface area contributed by atoms with Gasteiger partial charge in [-0.15, -0.1) is 0 Å². The molecule has 0 fully saturated rings. The highest BCUT2D eigenvalue weighted by molar-refractivity contribution is 6.46. The lowest BCUT2D eigenvalue weighted by atomic mass is 10.0. The number of benzene rings is 3. The number of anilines is 2. The number of nitrogens with zero attached hydrogens (tertiary/aromatic N) is 1. The van der Waals surface area contributed by atoms with Gasteiger partial charge in [0.25, 0.3) is 11.8 Å². The molecule has 5 heteroatoms. The Morgan fingerprint density at radius 3 is 2.09 bits per heavy atom. The summed E-state index contributed by atoms with van der Waals surface area (Å²) in [5.74, 6) is -0.358. The zero-order chi connectivity index (χ0) is 23.0. The molecule has 32 heavy (non-hydrogen) atoms. The van der Waals surface area contributed by atoms with Gasteiger partial charge in [0.2, 0.25) is 0 Å². The van der Waals surface area contributed by atoms with E-state index in [4.69, 9.17) is 11.6 Å². The third-order valence-corrected chi connectivity index (χ3v) is 5.93. The lowest BCUT2D eigenvalue weighted by Crippen LogP contribution is -2.32. The molecule has 4 rings (SSSR count). The quantitative estimate of drug-likeness (QED) is 0.458. The summed E-state index contributed by atoms with van der Waals surface area (Å²) in [6, 6.07) is 20.6. The lowest BCUT2D eigenvalue weighted by molar-refractivity contribution is -0.120. The van der Waals surface area contributed by atoms with Crippen LogP contribution in [0.1, 0.15) is 42.0 Å². The Morgan fingerprint density at radius 1 is 0.844 bits per heavy atom. The summed E-state index contributed by atoms with van der Waals surface area (Å²) < 4.78 is 0. The summed E-state index contributed by atoms with van der Waals surface area (Å²) in [7, 11) is 0. The first kappa shape index (κ1) is 21.8. The second-order valence-corrected chi connectivity index (χ2v) is 8.83. The molecule has 3 aromatic carbocycles. The minimum Gasteiger partial charge on any atom is -0.350 e. The molecule has 1 aliphatic rings. The van der Waals surface area contributed by atoms with Gasteiger partial charge in [-0.3, -0.25) is 9.59 Å². The number of carbonyl (C=O) groups excluding carboxylic acids is 2. The fraction of sp³-hybridized carbons (Fsp3) is 0.185. The molecule has 0 saturated carbocycles. The molecular formula is C27H25ClN2O2. The van der Waals surface area contributed by atoms with Gasteiger partial charge < -0.3 is 5.32 Å². The van der Waals surface area contributed by atoms with Crippen LogP contribution >= 0.6 is 11.6 Å². The lowest BCUT2D eigenvalue weighted by Gasteiger charge is -2.17. The van der Waals surface area contributed by atoms with Gasteiger partial charge in [-0.1, -0.05) is 67.4 Å². The first-order valence-electron chi connectivity index (χ1n) is 10.6. The molecule has 1 heterocycles. The minimum atomic E-state index is -0.378. The molecule has 0 unspecified atom stereocenters. The number of hydrogen-bond donors (Lipinski definition) is 1. The first-order chi connectivity index (χ1) is 15.3. The maximum Gasteiger partial charge on any atom is 0.282 e. The first-order valence-corrected chi connectivity index (χ1v) is 11.0. The van der Waals surface area contributed by atoms with Crippen LogP contribution in [0.4, 0.5) is 11.4 Å². The van der Waals surface area contributed by atoms with Gasteiger partial charge in [0.1, 0.15) is 5.70 Å². The van der Waals surface area contributed by atoms with E-state index in [1.54, 1.807) is 6.07 Å². The van der Waals surface area contributed by atoms with Crippen LogP contribution in [0.25, 0.3) is 5.57 Å². The number of nitrogens with one attached hydrogen (secondary N) is 1. The van der Waals surface area contributed by atoms with Crippen LogP contribution in [0, 0.1) is 13.8 Å². The zero-order valence-electron chi connectivity index (χ0n) is 18.6. The standard InChI is InChI=1S/C27H25ClN2O2/c1-16(2)19-9-12-22(13-10-19)30-26(31)24(20-7-5-17(3)6-8-20)25(27(30)32)29-23-14-11-21(28)15-18(23)4/h5-16,29H,1-4H3. The average molecular weight is 445 g/mol. The van der Waals surface area contributed by atoms with E-state index in [1.807, 2.05) is 74.5 Å². The number of aryl methyl sites for hydroxylation is 2. The van der Waals surface area contributed by atoms with Gasteiger partial charge in [-0.25, -0.2) is 4.90 Å². The predicted octanol–water partition coefficient (Wildman–Crippen LogP) is 6.48. The van der Waals surface area contributed by atoms with Gasteiger partial charge in [0.05, 0.1) is 11.3 Å². The number of carbonyl (C=O) groups is 2. The molecule has 0 aromatic heterocycles. The van der Waals surface area contributed by atoms with E-state index in [2.05, 4.69) is 19.2 Å². The molecular weight excluding hydrogens is 420 g/mol. The second kappa shape index (κ2) is 8.64. The van der Waals surface area contributed by atoms with Crippen LogP contribution < -0.4 is 10.2 Å². The Morgan fingerprint density at radius 2 is 1.50 bits per heavy atom. The smallest absolute Gasteiger partial charge is 0.282 e. The normalized spacial score (nSPS) is 14.0. The highest BCUT2D eigenvalue weighted by atomic mass is 35.5. The van der Waals surface area contributed by atoms with Crippen molar-refractivity contribution in [2.24, 2.45) is 0 Å². The molecule has 0 saturated heterocycles. The second-order valence-electron chi connectivity index (χ2n) is 8.39. The van der Waals surface area contributed by atoms with Crippen molar-refractivity contribution in [3.05, 3.63) is 99.7 Å². The number of halogens is 1. The maximum absolute atomic E-state index is 13.5. The molecule has 0 atom stereocenters. The Labute approximate surface area is 193 Å². The Hall–Kier alpha value is -3.37. The molecule has 2 amide bonds. The maximum atomic E-state index is 13.5. The van der Waals surface area contributed by atoms with Crippen LogP contribution in [0.2, 0.25) is 5.02 Å². The van der Waals surface area contributed by atoms with Crippen molar-refractivity contribution in [3.63, 3.8) is 0 Å². The average Bonchev–Trinajstić information content (AvgIpc) is 3.00. The van der Waals surface area contributed by atoms with Gasteiger partial charge in [-0.05, 0) is 66.8 Å². The molecule has 1 aliphatic heterocycles. The van der Waals surface area contributed by atoms with E-state index in [0.717, 1.165) is 22.4 Å². The summed E-state index contributed by atoms with van der Waals surface area (Å²) in [5.41, 5.74) is 5.71. The molecule has 162 valence electrons. The summed E-state index contributed by atoms with van der Waals surface area (Å²) in [6.07, 6.45) is 0. The van der Waals surface area contributed by atoms with Crippen molar-refractivity contribution in [2.45, 2.75) is 33.6 Å². The number of hydrogen-bond acceptors (Lipinski definition) is 3. The van der Waals surface area contributed by atoms with Gasteiger partial charge >= 0.3 is 0 Å². The fourth-order valence-corrected chi connectivity index (χ4v) is 4.01. The van der Waals surface area contributed by atoms with E-state index < -0.39 is 0 Å². The van der Waals surface area contributed by atoms with Crippen LogP contribution in [-0.2, 0) is 9.59 Å². The molecule has 4 nitrogen and oxygen atoms in total. The van der Waals surface area contributed by atoms with Crippen LogP contribution in [0.15, 0.2) is 72.4 Å². The van der Waals surface area contributed by atoms with Gasteiger partial charge in [0, 0.05) is 10.7 Å². The minimum absolute atomic E-state index is 0.261. The van der Waals surface area contributed by atoms with Gasteiger partial charge in [0.15, 0.2) is 0 Å². The summed E-state index contributed by atoms with van der Waals surface area (Å²) >= 11 is 6.09. The van der Waals surface area contributed by atoms with E-state index in [9.17, 15) is 9.59 Å².